The maximum atomic E-state index is 13.1. The van der Waals surface area contributed by atoms with Crippen LogP contribution in [0.1, 0.15) is 29.9 Å². The van der Waals surface area contributed by atoms with Gasteiger partial charge >= 0.3 is 0 Å². The summed E-state index contributed by atoms with van der Waals surface area (Å²) in [5, 5.41) is 7.09. The summed E-state index contributed by atoms with van der Waals surface area (Å²) < 4.78 is 20.6. The van der Waals surface area contributed by atoms with Crippen molar-refractivity contribution in [1.29, 1.82) is 0 Å². The van der Waals surface area contributed by atoms with Gasteiger partial charge in [0.2, 0.25) is 17.6 Å². The summed E-state index contributed by atoms with van der Waals surface area (Å²) in [4.78, 5) is 23.5. The number of likely N-dealkylation sites (tertiary alicyclic amines) is 1. The first-order chi connectivity index (χ1) is 17.1. The molecule has 0 radical (unpaired) electrons. The van der Waals surface area contributed by atoms with Crippen LogP contribution < -0.4 is 5.32 Å². The number of carbonyl (C=O) groups is 1. The first-order valence-corrected chi connectivity index (χ1v) is 11.7. The minimum absolute atomic E-state index is 0.0646. The molecule has 0 bridgehead atoms. The Bertz CT molecular complexity index is 1240. The molecule has 1 saturated heterocycles. The molecular weight excluding hydrogens is 447 g/mol. The standard InChI is InChI=1S/C26H27FN6O2/c27-23-9-7-21(8-10-23)25-30-24(35-31-25)17-32-12-1-2-22(16-32)26(34)29-14-19-3-5-20(6-4-19)15-33-13-11-28-18-33/h3-11,13,18,22H,1-2,12,14-17H2,(H,29,34). The fraction of sp³-hybridized carbons (Fsp3) is 0.308. The van der Waals surface area contributed by atoms with Gasteiger partial charge in [0.05, 0.1) is 18.8 Å². The topological polar surface area (TPSA) is 89.1 Å². The van der Waals surface area contributed by atoms with Gasteiger partial charge in [-0.3, -0.25) is 9.69 Å². The van der Waals surface area contributed by atoms with Crippen LogP contribution in [-0.2, 0) is 24.4 Å². The zero-order chi connectivity index (χ0) is 24.0. The van der Waals surface area contributed by atoms with Gasteiger partial charge in [-0.15, -0.1) is 0 Å². The fourth-order valence-electron chi connectivity index (χ4n) is 4.33. The molecule has 1 unspecified atom stereocenters. The van der Waals surface area contributed by atoms with Crippen LogP contribution in [0.15, 0.2) is 71.8 Å². The molecule has 2 aromatic heterocycles. The highest BCUT2D eigenvalue weighted by Gasteiger charge is 2.26. The van der Waals surface area contributed by atoms with Gasteiger partial charge in [-0.05, 0) is 54.8 Å². The number of piperidine rings is 1. The van der Waals surface area contributed by atoms with E-state index in [9.17, 15) is 9.18 Å². The third-order valence-electron chi connectivity index (χ3n) is 6.22. The number of nitrogens with one attached hydrogen (secondary N) is 1. The summed E-state index contributed by atoms with van der Waals surface area (Å²) in [6.45, 7) is 3.28. The quantitative estimate of drug-likeness (QED) is 0.419. The third kappa shape index (κ3) is 5.99. The van der Waals surface area contributed by atoms with E-state index in [0.717, 1.165) is 31.5 Å². The van der Waals surface area contributed by atoms with Crippen LogP contribution in [-0.4, -0.2) is 43.6 Å². The van der Waals surface area contributed by atoms with Crippen LogP contribution in [0, 0.1) is 11.7 Å². The fourth-order valence-corrected chi connectivity index (χ4v) is 4.33. The van der Waals surface area contributed by atoms with Crippen LogP contribution >= 0.6 is 0 Å². The lowest BCUT2D eigenvalue weighted by Gasteiger charge is -2.30. The number of imidazole rings is 1. The van der Waals surface area contributed by atoms with Crippen LogP contribution in [0.3, 0.4) is 0 Å². The number of benzene rings is 2. The molecule has 9 heteroatoms. The summed E-state index contributed by atoms with van der Waals surface area (Å²) in [7, 11) is 0. The lowest BCUT2D eigenvalue weighted by atomic mass is 9.97. The molecule has 2 aromatic carbocycles. The molecule has 1 atom stereocenters. The molecule has 5 rings (SSSR count). The summed E-state index contributed by atoms with van der Waals surface area (Å²) in [6.07, 6.45) is 7.29. The van der Waals surface area contributed by atoms with Gasteiger partial charge in [-0.1, -0.05) is 29.4 Å². The number of carbonyl (C=O) groups excluding carboxylic acids is 1. The normalized spacial score (nSPS) is 16.3. The van der Waals surface area contributed by atoms with Gasteiger partial charge in [0.15, 0.2) is 0 Å². The molecule has 0 aliphatic carbocycles. The molecule has 1 amide bonds. The molecule has 1 N–H and O–H groups in total. The Labute approximate surface area is 202 Å². The zero-order valence-electron chi connectivity index (χ0n) is 19.3. The van der Waals surface area contributed by atoms with Gasteiger partial charge in [0.25, 0.3) is 0 Å². The van der Waals surface area contributed by atoms with Gasteiger partial charge < -0.3 is 14.4 Å². The molecule has 180 valence electrons. The second-order valence-electron chi connectivity index (χ2n) is 8.86. The summed E-state index contributed by atoms with van der Waals surface area (Å²) >= 11 is 0. The molecule has 8 nitrogen and oxygen atoms in total. The first kappa shape index (κ1) is 22.9. The number of halogens is 1. The lowest BCUT2D eigenvalue weighted by Crippen LogP contribution is -2.42. The summed E-state index contributed by atoms with van der Waals surface area (Å²) in [5.41, 5.74) is 2.95. The molecule has 0 spiro atoms. The van der Waals surface area contributed by atoms with E-state index in [0.29, 0.717) is 36.9 Å². The van der Waals surface area contributed by atoms with Gasteiger partial charge in [-0.2, -0.15) is 4.98 Å². The molecule has 1 aliphatic rings. The average Bonchev–Trinajstić information content (AvgIpc) is 3.56. The minimum atomic E-state index is -0.308. The lowest BCUT2D eigenvalue weighted by molar-refractivity contribution is -0.127. The Morgan fingerprint density at radius 2 is 1.89 bits per heavy atom. The second kappa shape index (κ2) is 10.6. The van der Waals surface area contributed by atoms with Gasteiger partial charge in [-0.25, -0.2) is 9.37 Å². The van der Waals surface area contributed by atoms with Crippen molar-refractivity contribution in [1.82, 2.24) is 29.9 Å². The number of rotatable bonds is 8. The van der Waals surface area contributed by atoms with Crippen molar-refractivity contribution in [2.24, 2.45) is 5.92 Å². The zero-order valence-corrected chi connectivity index (χ0v) is 19.3. The maximum Gasteiger partial charge on any atom is 0.241 e. The van der Waals surface area contributed by atoms with Crippen molar-refractivity contribution < 1.29 is 13.7 Å². The SMILES string of the molecule is O=C(NCc1ccc(Cn2ccnc2)cc1)C1CCCN(Cc2nc(-c3ccc(F)cc3)no2)C1. The predicted octanol–water partition coefficient (Wildman–Crippen LogP) is 3.65. The number of amides is 1. The van der Waals surface area contributed by atoms with Crippen molar-refractivity contribution in [3.05, 3.63) is 90.1 Å². The Balaban J connectivity index is 1.11. The molecule has 3 heterocycles. The highest BCUT2D eigenvalue weighted by atomic mass is 19.1. The summed E-state index contributed by atoms with van der Waals surface area (Å²) in [6, 6.07) is 14.2. The van der Waals surface area contributed by atoms with Crippen molar-refractivity contribution in [3.63, 3.8) is 0 Å². The first-order valence-electron chi connectivity index (χ1n) is 11.7. The van der Waals surface area contributed by atoms with E-state index >= 15 is 0 Å². The highest BCUT2D eigenvalue weighted by Crippen LogP contribution is 2.21. The van der Waals surface area contributed by atoms with E-state index in [1.54, 1.807) is 24.7 Å². The van der Waals surface area contributed by atoms with Crippen molar-refractivity contribution >= 4 is 5.91 Å². The van der Waals surface area contributed by atoms with E-state index in [2.05, 4.69) is 37.5 Å². The largest absolute Gasteiger partial charge is 0.352 e. The van der Waals surface area contributed by atoms with Gasteiger partial charge in [0.1, 0.15) is 5.82 Å². The Morgan fingerprint density at radius 1 is 1.09 bits per heavy atom. The Hall–Kier alpha value is -3.85. The van der Waals surface area contributed by atoms with Crippen molar-refractivity contribution in [3.8, 4) is 11.4 Å². The minimum Gasteiger partial charge on any atom is -0.352 e. The monoisotopic (exact) mass is 474 g/mol. The van der Waals surface area contributed by atoms with Crippen molar-refractivity contribution in [2.75, 3.05) is 13.1 Å². The van der Waals surface area contributed by atoms with E-state index in [1.165, 1.54) is 17.7 Å². The number of hydrogen-bond acceptors (Lipinski definition) is 6. The van der Waals surface area contributed by atoms with E-state index < -0.39 is 0 Å². The smallest absolute Gasteiger partial charge is 0.241 e. The number of aromatic nitrogens is 4. The van der Waals surface area contributed by atoms with Gasteiger partial charge in [0, 0.05) is 37.6 Å². The third-order valence-corrected chi connectivity index (χ3v) is 6.22. The number of hydrogen-bond donors (Lipinski definition) is 1. The Kier molecular flexibility index (Phi) is 6.94. The highest BCUT2D eigenvalue weighted by molar-refractivity contribution is 5.79. The molecule has 35 heavy (non-hydrogen) atoms. The summed E-state index contributed by atoms with van der Waals surface area (Å²) in [5.74, 6) is 0.597. The van der Waals surface area contributed by atoms with Crippen LogP contribution in [0.2, 0.25) is 0 Å². The maximum absolute atomic E-state index is 13.1. The van der Waals surface area contributed by atoms with Crippen LogP contribution in [0.25, 0.3) is 11.4 Å². The van der Waals surface area contributed by atoms with Crippen molar-refractivity contribution in [2.45, 2.75) is 32.5 Å². The average molecular weight is 475 g/mol. The Morgan fingerprint density at radius 3 is 2.66 bits per heavy atom. The van der Waals surface area contributed by atoms with E-state index in [1.807, 2.05) is 22.9 Å². The van der Waals surface area contributed by atoms with E-state index in [-0.39, 0.29) is 17.6 Å². The molecule has 0 saturated carbocycles. The molecule has 4 aromatic rings. The molecular formula is C26H27FN6O2. The van der Waals surface area contributed by atoms with Crippen LogP contribution in [0.4, 0.5) is 4.39 Å². The van der Waals surface area contributed by atoms with E-state index in [4.69, 9.17) is 4.52 Å². The number of nitrogens with zero attached hydrogens (tertiary/aromatic N) is 5. The predicted molar refractivity (Wildman–Crippen MR) is 127 cm³/mol. The van der Waals surface area contributed by atoms with Crippen LogP contribution in [0.5, 0.6) is 0 Å². The second-order valence-corrected chi connectivity index (χ2v) is 8.86. The molecule has 1 fully saturated rings. The molecule has 1 aliphatic heterocycles.